The van der Waals surface area contributed by atoms with E-state index in [0.29, 0.717) is 134 Å². The highest BCUT2D eigenvalue weighted by Crippen LogP contribution is 2.44. The number of hydrogen-bond donors (Lipinski definition) is 0. The molecule has 770 valence electrons. The standard InChI is InChI=1S/C22H20F3NO2.C20H21NO2.C18H23NO3.C15H16FNO2.C15H17NO3.C15H17NO2.C14H14FNO2/c1-2-12-21(15-16-8-10-18(11-9-16)22(23,24)25)13-14-26(20(21)28)19(27)17-6-4-3-5-7-17;1-3-11-20(2)12-6-13-21(19(20)23)18(22)17-10-9-15-7-4-5-8-16(15)14-17;1-4-11-18(2)12-5-6-13-19(17(18)21)16(20)14-7-9-15(22-3)10-8-14;1-2-9-15(16)10-6-11-17(14(15)19)13(18)12-7-4-3-5-8-12;1-3-9-15(2)14(18)16(10-11-19-15)13(17)12-7-5-4-6-8-12;1-3-9-15(2)10-11-16(14(15)18)13(17)12-7-5-4-6-8-12;1-2-8-14(15)9-10-16(13(14)18)12(17)11-6-4-3-5-7-11/h2-11H,1,12-15H2;3-5,7-10,14H,1,6,11-13H2,2H3;4,7-10H,1,5-6,11-13H2,2-3H3;2-5,7-8H,1,6,9-11H2;3-8H,1,9-11H2,2H3;3-8H,1,9-11H2,2H3;2-7H,1,8-10H2/t21-;20-;18-;3*15-;14-/m1110010/s1. The van der Waals surface area contributed by atoms with Crippen molar-refractivity contribution in [2.75, 3.05) is 59.5 Å². The van der Waals surface area contributed by atoms with Crippen LogP contribution >= 0.6 is 0 Å². The van der Waals surface area contributed by atoms with Crippen LogP contribution in [-0.2, 0) is 50.9 Å². The van der Waals surface area contributed by atoms with Crippen LogP contribution in [0.2, 0.25) is 0 Å². The number of methoxy groups -OCH3 is 1. The van der Waals surface area contributed by atoms with Gasteiger partial charge in [-0.3, -0.25) is 101 Å². The molecule has 0 N–H and O–H groups in total. The number of fused-ring (bicyclic) bond motifs is 1. The third-order valence-electron chi connectivity index (χ3n) is 27.3. The Kier molecular flexibility index (Phi) is 39.9. The van der Waals surface area contributed by atoms with Gasteiger partial charge in [0.1, 0.15) is 11.4 Å². The number of nitrogens with zero attached hydrogens (tertiary/aromatic N) is 7. The molecule has 0 aliphatic carbocycles. The van der Waals surface area contributed by atoms with Gasteiger partial charge in [0.2, 0.25) is 23.6 Å². The van der Waals surface area contributed by atoms with Gasteiger partial charge in [0.05, 0.1) is 47.5 Å². The third kappa shape index (κ3) is 27.9. The number of hydrogen-bond acceptors (Lipinski definition) is 16. The van der Waals surface area contributed by atoms with E-state index >= 15 is 0 Å². The molecule has 7 atom stereocenters. The van der Waals surface area contributed by atoms with Crippen LogP contribution in [0, 0.1) is 21.7 Å². The van der Waals surface area contributed by atoms with Crippen LogP contribution in [0.3, 0.4) is 0 Å². The largest absolute Gasteiger partial charge is 0.497 e. The molecule has 7 aliphatic rings. The number of morpholine rings is 1. The lowest BCUT2D eigenvalue weighted by molar-refractivity contribution is -0.164. The van der Waals surface area contributed by atoms with Gasteiger partial charge in [0, 0.05) is 104 Å². The Morgan fingerprint density at radius 2 is 0.646 bits per heavy atom. The van der Waals surface area contributed by atoms with Crippen molar-refractivity contribution >= 4 is 93.5 Å². The van der Waals surface area contributed by atoms with Gasteiger partial charge in [-0.25, -0.2) is 8.78 Å². The molecule has 7 fully saturated rings. The van der Waals surface area contributed by atoms with Crippen LogP contribution in [0.4, 0.5) is 22.0 Å². The molecule has 0 saturated carbocycles. The molecule has 7 saturated heterocycles. The number of ether oxygens (including phenoxy) is 2. The number of alkyl halides is 5. The SMILES string of the molecule is C=CC[C@]1(C)CCCCN(C(=O)c2ccc(OC)cc2)C1=O.C=CC[C@]1(C)CCCN(C(=O)c2ccc3ccccc3c2)C1=O.C=CC[C@]1(C)CCN(C(=O)c2ccccc2)C1=O.C=CC[C@]1(C)OCCN(C(=O)c2ccccc2)C1=O.C=CC[C@]1(Cc2ccc(C(F)(F)F)cc2)CCN(C(=O)c2ccccc2)C1=O.C=CC[C@]1(F)CCCN(C(=O)c2ccccc2)C1=O.C=CC[C@]1(F)CCN(C(=O)c2ccccc2)C1=O. The fourth-order valence-electron chi connectivity index (χ4n) is 18.8. The molecule has 9 aromatic carbocycles. The summed E-state index contributed by atoms with van der Waals surface area (Å²) in [6.45, 7) is 35.7. The summed E-state index contributed by atoms with van der Waals surface area (Å²) in [4.78, 5) is 183. The van der Waals surface area contributed by atoms with E-state index in [1.807, 2.05) is 69.3 Å². The molecule has 147 heavy (non-hydrogen) atoms. The summed E-state index contributed by atoms with van der Waals surface area (Å²) < 4.78 is 77.6. The fourth-order valence-corrected chi connectivity index (χ4v) is 18.8. The average molecular weight is 2010 g/mol. The molecule has 16 rings (SSSR count). The number of allylic oxidation sites excluding steroid dienone is 6. The first-order valence-electron chi connectivity index (χ1n) is 49.0. The van der Waals surface area contributed by atoms with E-state index in [2.05, 4.69) is 46.1 Å². The summed E-state index contributed by atoms with van der Waals surface area (Å²) >= 11 is 0. The topological polar surface area (TPSA) is 280 Å². The van der Waals surface area contributed by atoms with Crippen molar-refractivity contribution in [1.82, 2.24) is 34.3 Å². The number of benzene rings is 9. The van der Waals surface area contributed by atoms with Crippen molar-refractivity contribution in [2.24, 2.45) is 21.7 Å². The van der Waals surface area contributed by atoms with Gasteiger partial charge < -0.3 is 9.47 Å². The highest BCUT2D eigenvalue weighted by molar-refractivity contribution is 6.13. The third-order valence-corrected chi connectivity index (χ3v) is 27.3. The zero-order valence-corrected chi connectivity index (χ0v) is 84.0. The van der Waals surface area contributed by atoms with Crippen LogP contribution in [0.5, 0.6) is 5.75 Å². The quantitative estimate of drug-likeness (QED) is 0.0309. The summed E-state index contributed by atoms with van der Waals surface area (Å²) in [5.41, 5.74) is -4.02. The van der Waals surface area contributed by atoms with E-state index in [1.54, 1.807) is 214 Å². The maximum Gasteiger partial charge on any atom is 0.416 e. The highest BCUT2D eigenvalue weighted by Gasteiger charge is 2.52. The van der Waals surface area contributed by atoms with Gasteiger partial charge >= 0.3 is 6.18 Å². The van der Waals surface area contributed by atoms with E-state index in [9.17, 15) is 89.1 Å². The molecule has 0 aromatic heterocycles. The lowest BCUT2D eigenvalue weighted by Crippen LogP contribution is -2.56. The average Bonchev–Trinajstić information content (AvgIpc) is 1.18. The number of amides is 14. The van der Waals surface area contributed by atoms with Gasteiger partial charge in [0.25, 0.3) is 59.1 Å². The minimum absolute atomic E-state index is 0.0381. The molecule has 0 spiro atoms. The van der Waals surface area contributed by atoms with E-state index in [4.69, 9.17) is 9.47 Å². The molecule has 7 aliphatic heterocycles. The van der Waals surface area contributed by atoms with Crippen LogP contribution in [0.25, 0.3) is 10.8 Å². The Labute approximate surface area is 856 Å². The maximum absolute atomic E-state index is 14.5. The molecular weight excluding hydrogens is 1880 g/mol. The van der Waals surface area contributed by atoms with E-state index in [-0.39, 0.29) is 111 Å². The Morgan fingerprint density at radius 1 is 0.320 bits per heavy atom. The lowest BCUT2D eigenvalue weighted by Gasteiger charge is -2.37. The first kappa shape index (κ1) is 114. The smallest absolute Gasteiger partial charge is 0.416 e. The minimum Gasteiger partial charge on any atom is -0.497 e. The number of piperidine rings is 2. The molecule has 7 heterocycles. The second-order valence-electron chi connectivity index (χ2n) is 38.2. The van der Waals surface area contributed by atoms with Gasteiger partial charge in [-0.2, -0.15) is 13.2 Å². The Hall–Kier alpha value is -15.2. The Morgan fingerprint density at radius 3 is 1.07 bits per heavy atom. The summed E-state index contributed by atoms with van der Waals surface area (Å²) in [7, 11) is 1.58. The molecule has 23 nitrogen and oxygen atoms in total. The fraction of sp³-hybridized carbons (Fsp3) is 0.328. The zero-order valence-electron chi connectivity index (χ0n) is 84.0. The van der Waals surface area contributed by atoms with Crippen molar-refractivity contribution in [3.8, 4) is 5.75 Å². The van der Waals surface area contributed by atoms with Gasteiger partial charge in [-0.15, -0.1) is 46.1 Å². The van der Waals surface area contributed by atoms with Gasteiger partial charge in [-0.05, 0) is 216 Å². The highest BCUT2D eigenvalue weighted by atomic mass is 19.4. The van der Waals surface area contributed by atoms with Crippen molar-refractivity contribution in [2.45, 2.75) is 166 Å². The molecule has 28 heteroatoms. The molecule has 9 aromatic rings. The number of carbonyl (C=O) groups excluding carboxylic acids is 14. The molecule has 0 bridgehead atoms. The monoisotopic (exact) mass is 2010 g/mol. The van der Waals surface area contributed by atoms with E-state index in [0.717, 1.165) is 64.8 Å². The molecule has 0 radical (unpaired) electrons. The predicted octanol–water partition coefficient (Wildman–Crippen LogP) is 22.2. The maximum atomic E-state index is 14.5. The molecule has 14 amide bonds. The van der Waals surface area contributed by atoms with Gasteiger partial charge in [-0.1, -0.05) is 203 Å². The first-order chi connectivity index (χ1) is 70.2. The second-order valence-corrected chi connectivity index (χ2v) is 38.2. The Bertz CT molecular complexity index is 6110. The number of carbonyl (C=O) groups is 14. The van der Waals surface area contributed by atoms with E-state index < -0.39 is 74.0 Å². The summed E-state index contributed by atoms with van der Waals surface area (Å²) in [6.07, 6.45) is 15.6. The van der Waals surface area contributed by atoms with Crippen LogP contribution in [0.1, 0.15) is 220 Å². The first-order valence-corrected chi connectivity index (χ1v) is 49.0. The number of likely N-dealkylation sites (tertiary alicyclic amines) is 6. The minimum atomic E-state index is -4.40. The predicted molar refractivity (Wildman–Crippen MR) is 555 cm³/mol. The zero-order chi connectivity index (χ0) is 107. The van der Waals surface area contributed by atoms with Crippen molar-refractivity contribution in [3.05, 3.63) is 381 Å². The van der Waals surface area contributed by atoms with Crippen molar-refractivity contribution in [3.63, 3.8) is 0 Å². The lowest BCUT2D eigenvalue weighted by atomic mass is 9.77. The normalized spacial score (nSPS) is 22.1. The molecular formula is C119H128F5N7O16. The Balaban J connectivity index is 0.000000177. The van der Waals surface area contributed by atoms with Crippen LogP contribution in [0.15, 0.2) is 331 Å². The second kappa shape index (κ2) is 51.5. The molecule has 0 unspecified atom stereocenters. The van der Waals surface area contributed by atoms with Crippen molar-refractivity contribution in [1.29, 1.82) is 0 Å². The summed E-state index contributed by atoms with van der Waals surface area (Å²) in [5, 5.41) is 2.10. The van der Waals surface area contributed by atoms with Gasteiger partial charge in [0.15, 0.2) is 11.3 Å². The number of halogens is 5. The van der Waals surface area contributed by atoms with Crippen molar-refractivity contribution < 1.29 is 98.5 Å². The van der Waals surface area contributed by atoms with Crippen LogP contribution in [-0.4, -0.2) is 193 Å². The van der Waals surface area contributed by atoms with Crippen LogP contribution < -0.4 is 4.74 Å². The van der Waals surface area contributed by atoms with E-state index in [1.165, 1.54) is 48.8 Å². The number of rotatable bonds is 24. The number of imide groups is 7. The summed E-state index contributed by atoms with van der Waals surface area (Å²) in [5.74, 6) is -3.81. The summed E-state index contributed by atoms with van der Waals surface area (Å²) in [6, 6.07) is 68.3.